The molecule has 2 bridgehead atoms. The Hall–Kier alpha value is -0.340. The fourth-order valence-electron chi connectivity index (χ4n) is 5.56. The fraction of sp³-hybridized carbons (Fsp3) is 0.833. The minimum Gasteiger partial charge on any atom is -0.396 e. The SMILES string of the molecule is CC(C)=C1[C@@H]2[C@@H]3[C@H]4[C@H]1[C@@]4(CO)[C@@]32CO. The van der Waals surface area contributed by atoms with Gasteiger partial charge in [0.15, 0.2) is 0 Å². The summed E-state index contributed by atoms with van der Waals surface area (Å²) in [6, 6.07) is 0. The molecular formula is C12H16O2. The number of hydrogen-bond acceptors (Lipinski definition) is 2. The van der Waals surface area contributed by atoms with E-state index in [0.717, 1.165) is 11.8 Å². The molecule has 2 N–H and O–H groups in total. The Balaban J connectivity index is 1.89. The molecule has 5 fully saturated rings. The molecule has 0 aromatic heterocycles. The van der Waals surface area contributed by atoms with E-state index in [2.05, 4.69) is 13.8 Å². The lowest BCUT2D eigenvalue weighted by molar-refractivity contribution is 0.0145. The van der Waals surface area contributed by atoms with E-state index in [9.17, 15) is 10.2 Å². The summed E-state index contributed by atoms with van der Waals surface area (Å²) < 4.78 is 0. The lowest BCUT2D eigenvalue weighted by atomic mass is 9.73. The second-order valence-electron chi connectivity index (χ2n) is 5.86. The summed E-state index contributed by atoms with van der Waals surface area (Å²) >= 11 is 0. The Kier molecular flexibility index (Phi) is 0.967. The predicted molar refractivity (Wildman–Crippen MR) is 51.4 cm³/mol. The van der Waals surface area contributed by atoms with Crippen molar-refractivity contribution >= 4 is 0 Å². The molecule has 0 amide bonds. The Bertz CT molecular complexity index is 352. The first-order chi connectivity index (χ1) is 6.68. The summed E-state index contributed by atoms with van der Waals surface area (Å²) in [7, 11) is 0. The molecule has 0 aromatic carbocycles. The maximum atomic E-state index is 9.54. The topological polar surface area (TPSA) is 40.5 Å². The van der Waals surface area contributed by atoms with Crippen molar-refractivity contribution in [2.75, 3.05) is 13.2 Å². The highest BCUT2D eigenvalue weighted by molar-refractivity contribution is 5.62. The van der Waals surface area contributed by atoms with E-state index in [1.807, 2.05) is 0 Å². The highest BCUT2D eigenvalue weighted by Gasteiger charge is 3.05. The zero-order valence-electron chi connectivity index (χ0n) is 8.62. The number of allylic oxidation sites excluding steroid dienone is 2. The normalized spacial score (nSPS) is 64.7. The third-order valence-corrected chi connectivity index (χ3v) is 5.82. The van der Waals surface area contributed by atoms with Gasteiger partial charge in [-0.3, -0.25) is 0 Å². The maximum Gasteiger partial charge on any atom is 0.0502 e. The molecule has 2 nitrogen and oxygen atoms in total. The quantitative estimate of drug-likeness (QED) is 0.635. The molecule has 0 unspecified atom stereocenters. The van der Waals surface area contributed by atoms with Crippen molar-refractivity contribution in [3.63, 3.8) is 0 Å². The zero-order valence-corrected chi connectivity index (χ0v) is 8.62. The summed E-state index contributed by atoms with van der Waals surface area (Å²) in [5, 5.41) is 19.1. The van der Waals surface area contributed by atoms with Gasteiger partial charge in [0.1, 0.15) is 0 Å². The highest BCUT2D eigenvalue weighted by Crippen LogP contribution is 3.05. The fourth-order valence-corrected chi connectivity index (χ4v) is 5.56. The van der Waals surface area contributed by atoms with Crippen molar-refractivity contribution in [2.45, 2.75) is 13.8 Å². The summed E-state index contributed by atoms with van der Waals surface area (Å²) in [5.41, 5.74) is 3.33. The van der Waals surface area contributed by atoms with Gasteiger partial charge in [0, 0.05) is 10.8 Å². The molecule has 14 heavy (non-hydrogen) atoms. The van der Waals surface area contributed by atoms with Crippen LogP contribution in [0.4, 0.5) is 0 Å². The molecule has 0 heterocycles. The average molecular weight is 192 g/mol. The van der Waals surface area contributed by atoms with Gasteiger partial charge in [0.05, 0.1) is 13.2 Å². The molecule has 0 aliphatic heterocycles. The van der Waals surface area contributed by atoms with Crippen LogP contribution >= 0.6 is 0 Å². The minimum atomic E-state index is 0.143. The molecule has 5 aliphatic carbocycles. The van der Waals surface area contributed by atoms with E-state index in [0.29, 0.717) is 25.0 Å². The number of aliphatic hydroxyl groups is 2. The first-order valence-corrected chi connectivity index (χ1v) is 5.57. The standard InChI is InChI=1S/C12H16O2/c1-5(2)6-7-9-10-8(6)12(10,4-14)11(7,9)3-13/h7-10,13-14H,3-4H2,1-2H3/t7-,8+,9-,10-,11-,12-/m1/s1. The summed E-state index contributed by atoms with van der Waals surface area (Å²) in [4.78, 5) is 0. The summed E-state index contributed by atoms with van der Waals surface area (Å²) in [6.45, 7) is 4.96. The third kappa shape index (κ3) is 0.385. The van der Waals surface area contributed by atoms with Crippen LogP contribution in [0.1, 0.15) is 13.8 Å². The van der Waals surface area contributed by atoms with E-state index in [1.165, 1.54) is 5.57 Å². The second-order valence-corrected chi connectivity index (χ2v) is 5.86. The van der Waals surface area contributed by atoms with Crippen LogP contribution in [0.2, 0.25) is 0 Å². The van der Waals surface area contributed by atoms with Gasteiger partial charge in [-0.1, -0.05) is 11.1 Å². The van der Waals surface area contributed by atoms with Crippen LogP contribution in [-0.4, -0.2) is 23.4 Å². The van der Waals surface area contributed by atoms with Gasteiger partial charge in [0.25, 0.3) is 0 Å². The van der Waals surface area contributed by atoms with Gasteiger partial charge in [-0.15, -0.1) is 0 Å². The van der Waals surface area contributed by atoms with Crippen molar-refractivity contribution in [1.29, 1.82) is 0 Å². The maximum absolute atomic E-state index is 9.54. The van der Waals surface area contributed by atoms with Crippen molar-refractivity contribution in [1.82, 2.24) is 0 Å². The Morgan fingerprint density at radius 1 is 1.07 bits per heavy atom. The van der Waals surface area contributed by atoms with E-state index in [4.69, 9.17) is 0 Å². The lowest BCUT2D eigenvalue weighted by Crippen LogP contribution is -2.37. The van der Waals surface area contributed by atoms with Gasteiger partial charge < -0.3 is 10.2 Å². The van der Waals surface area contributed by atoms with E-state index >= 15 is 0 Å². The van der Waals surface area contributed by atoms with Crippen LogP contribution in [0.25, 0.3) is 0 Å². The van der Waals surface area contributed by atoms with Crippen LogP contribution in [0, 0.1) is 34.5 Å². The Morgan fingerprint density at radius 2 is 1.50 bits per heavy atom. The first-order valence-electron chi connectivity index (χ1n) is 5.57. The molecule has 0 spiro atoms. The third-order valence-electron chi connectivity index (χ3n) is 5.82. The molecule has 5 saturated carbocycles. The van der Waals surface area contributed by atoms with Crippen LogP contribution in [0.5, 0.6) is 0 Å². The monoisotopic (exact) mass is 192 g/mol. The van der Waals surface area contributed by atoms with Crippen molar-refractivity contribution in [3.8, 4) is 0 Å². The molecule has 0 radical (unpaired) electrons. The van der Waals surface area contributed by atoms with E-state index < -0.39 is 0 Å². The highest BCUT2D eigenvalue weighted by atomic mass is 16.3. The minimum absolute atomic E-state index is 0.143. The number of rotatable bonds is 2. The molecule has 0 saturated heterocycles. The van der Waals surface area contributed by atoms with Crippen LogP contribution < -0.4 is 0 Å². The van der Waals surface area contributed by atoms with Gasteiger partial charge in [-0.05, 0) is 37.5 Å². The van der Waals surface area contributed by atoms with Crippen LogP contribution in [0.3, 0.4) is 0 Å². The predicted octanol–water partition coefficient (Wildman–Crippen LogP) is 0.799. The van der Waals surface area contributed by atoms with Crippen LogP contribution in [0.15, 0.2) is 11.1 Å². The Morgan fingerprint density at radius 3 is 1.79 bits per heavy atom. The molecule has 0 aromatic rings. The molecule has 5 rings (SSSR count). The number of hydrogen-bond donors (Lipinski definition) is 2. The van der Waals surface area contributed by atoms with Gasteiger partial charge >= 0.3 is 0 Å². The lowest BCUT2D eigenvalue weighted by Gasteiger charge is -2.33. The Labute approximate surface area is 83.6 Å². The van der Waals surface area contributed by atoms with Crippen LogP contribution in [-0.2, 0) is 0 Å². The zero-order chi connectivity index (χ0) is 9.88. The first kappa shape index (κ1) is 7.89. The van der Waals surface area contributed by atoms with Gasteiger partial charge in [-0.25, -0.2) is 0 Å². The summed E-state index contributed by atoms with van der Waals surface area (Å²) in [6.07, 6.45) is 0. The average Bonchev–Trinajstić information content (AvgIpc) is 2.81. The molecular weight excluding hydrogens is 176 g/mol. The molecule has 5 aliphatic rings. The van der Waals surface area contributed by atoms with Crippen molar-refractivity contribution in [2.24, 2.45) is 34.5 Å². The molecule has 6 atom stereocenters. The molecule has 2 heteroatoms. The van der Waals surface area contributed by atoms with Gasteiger partial charge in [0.2, 0.25) is 0 Å². The molecule has 76 valence electrons. The van der Waals surface area contributed by atoms with E-state index in [-0.39, 0.29) is 10.8 Å². The number of aliphatic hydroxyl groups excluding tert-OH is 2. The second kappa shape index (κ2) is 1.72. The van der Waals surface area contributed by atoms with Crippen molar-refractivity contribution < 1.29 is 10.2 Å². The largest absolute Gasteiger partial charge is 0.396 e. The van der Waals surface area contributed by atoms with Gasteiger partial charge in [-0.2, -0.15) is 0 Å². The van der Waals surface area contributed by atoms with E-state index in [1.54, 1.807) is 5.57 Å². The van der Waals surface area contributed by atoms with Crippen molar-refractivity contribution in [3.05, 3.63) is 11.1 Å². The smallest absolute Gasteiger partial charge is 0.0502 e. The summed E-state index contributed by atoms with van der Waals surface area (Å²) in [5.74, 6) is 2.79.